The van der Waals surface area contributed by atoms with Crippen molar-refractivity contribution in [2.75, 3.05) is 6.54 Å². The lowest BCUT2D eigenvalue weighted by Crippen LogP contribution is -2.21. The highest BCUT2D eigenvalue weighted by Gasteiger charge is 2.19. The van der Waals surface area contributed by atoms with Crippen LogP contribution in [0.3, 0.4) is 0 Å². The van der Waals surface area contributed by atoms with Crippen LogP contribution < -0.4 is 5.32 Å². The summed E-state index contributed by atoms with van der Waals surface area (Å²) in [4.78, 5) is 0. The van der Waals surface area contributed by atoms with Gasteiger partial charge in [-0.2, -0.15) is 0 Å². The number of hydrogen-bond acceptors (Lipinski definition) is 3. The van der Waals surface area contributed by atoms with E-state index < -0.39 is 0 Å². The van der Waals surface area contributed by atoms with Gasteiger partial charge in [0.2, 0.25) is 0 Å². The van der Waals surface area contributed by atoms with E-state index in [2.05, 4.69) is 65.5 Å². The molecule has 0 spiro atoms. The van der Waals surface area contributed by atoms with Gasteiger partial charge in [0, 0.05) is 29.7 Å². The van der Waals surface area contributed by atoms with E-state index in [4.69, 9.17) is 0 Å². The lowest BCUT2D eigenvalue weighted by molar-refractivity contribution is 0.449. The molecule has 0 aliphatic heterocycles. The van der Waals surface area contributed by atoms with Gasteiger partial charge in [0.25, 0.3) is 0 Å². The van der Waals surface area contributed by atoms with Crippen LogP contribution in [0.25, 0.3) is 10.9 Å². The van der Waals surface area contributed by atoms with Crippen LogP contribution in [0.5, 0.6) is 11.5 Å². The zero-order chi connectivity index (χ0) is 19.5. The van der Waals surface area contributed by atoms with Crippen LogP contribution in [0.15, 0.2) is 79.0 Å². The number of rotatable bonds is 6. The maximum absolute atomic E-state index is 9.82. The van der Waals surface area contributed by atoms with Crippen LogP contribution in [0.1, 0.15) is 29.7 Å². The minimum Gasteiger partial charge on any atom is -0.508 e. The highest BCUT2D eigenvalue weighted by atomic mass is 16.3. The van der Waals surface area contributed by atoms with Gasteiger partial charge in [-0.05, 0) is 41.4 Å². The molecule has 1 unspecified atom stereocenters. The third-order valence-corrected chi connectivity index (χ3v) is 4.99. The molecule has 0 bridgehead atoms. The minimum atomic E-state index is 0.0708. The van der Waals surface area contributed by atoms with E-state index in [-0.39, 0.29) is 17.5 Å². The molecule has 4 nitrogen and oxygen atoms in total. The molecule has 4 aromatic rings. The van der Waals surface area contributed by atoms with Gasteiger partial charge in [0.1, 0.15) is 11.5 Å². The molecule has 28 heavy (non-hydrogen) atoms. The van der Waals surface area contributed by atoms with E-state index in [0.29, 0.717) is 6.54 Å². The highest BCUT2D eigenvalue weighted by Crippen LogP contribution is 2.32. The Kier molecular flexibility index (Phi) is 5.04. The third-order valence-electron chi connectivity index (χ3n) is 4.99. The van der Waals surface area contributed by atoms with Crippen LogP contribution in [0.4, 0.5) is 0 Å². The first-order valence-electron chi connectivity index (χ1n) is 9.53. The Morgan fingerprint density at radius 3 is 2.29 bits per heavy atom. The average Bonchev–Trinajstić information content (AvgIpc) is 3.04. The predicted octanol–water partition coefficient (Wildman–Crippen LogP) is 4.80. The van der Waals surface area contributed by atoms with Crippen molar-refractivity contribution in [2.24, 2.45) is 0 Å². The molecule has 4 heteroatoms. The topological polar surface area (TPSA) is 57.4 Å². The summed E-state index contributed by atoms with van der Waals surface area (Å²) in [5.74, 6) is 0.142. The van der Waals surface area contributed by atoms with Crippen LogP contribution in [-0.4, -0.2) is 21.3 Å². The molecule has 3 aromatic carbocycles. The molecule has 0 aliphatic carbocycles. The summed E-state index contributed by atoms with van der Waals surface area (Å²) >= 11 is 0. The van der Waals surface area contributed by atoms with Crippen molar-refractivity contribution in [3.05, 3.63) is 95.7 Å². The largest absolute Gasteiger partial charge is 0.508 e. The molecule has 0 amide bonds. The molecule has 4 rings (SSSR count). The summed E-state index contributed by atoms with van der Waals surface area (Å²) in [6.45, 7) is 3.54. The van der Waals surface area contributed by atoms with E-state index >= 15 is 0 Å². The van der Waals surface area contributed by atoms with Gasteiger partial charge in [0.15, 0.2) is 0 Å². The van der Waals surface area contributed by atoms with E-state index in [1.54, 1.807) is 12.1 Å². The first-order chi connectivity index (χ1) is 13.7. The Bertz CT molecular complexity index is 1070. The molecule has 1 atom stereocenters. The van der Waals surface area contributed by atoms with Crippen LogP contribution in [0.2, 0.25) is 0 Å². The summed E-state index contributed by atoms with van der Waals surface area (Å²) in [6, 6.07) is 23.6. The summed E-state index contributed by atoms with van der Waals surface area (Å²) in [7, 11) is 0. The number of phenols is 2. The zero-order valence-corrected chi connectivity index (χ0v) is 15.8. The van der Waals surface area contributed by atoms with E-state index in [1.165, 1.54) is 22.6 Å². The fraction of sp³-hybridized carbons (Fsp3) is 0.167. The zero-order valence-electron chi connectivity index (χ0n) is 15.8. The second-order valence-corrected chi connectivity index (χ2v) is 6.99. The molecule has 0 saturated carbocycles. The Labute approximate surface area is 164 Å². The number of fused-ring (bicyclic) bond motifs is 1. The smallest absolute Gasteiger partial charge is 0.119 e. The van der Waals surface area contributed by atoms with Gasteiger partial charge in [-0.1, -0.05) is 55.5 Å². The number of nitrogens with zero attached hydrogens (tertiary/aromatic N) is 1. The molecule has 0 aliphatic rings. The maximum atomic E-state index is 9.82. The van der Waals surface area contributed by atoms with E-state index in [1.807, 2.05) is 12.1 Å². The van der Waals surface area contributed by atoms with Crippen LogP contribution in [0, 0.1) is 0 Å². The summed E-state index contributed by atoms with van der Waals surface area (Å²) in [6.07, 6.45) is 2.17. The van der Waals surface area contributed by atoms with Gasteiger partial charge in [0.05, 0.1) is 6.04 Å². The normalized spacial score (nSPS) is 12.3. The van der Waals surface area contributed by atoms with Gasteiger partial charge in [-0.25, -0.2) is 0 Å². The van der Waals surface area contributed by atoms with Crippen molar-refractivity contribution in [3.63, 3.8) is 0 Å². The molecule has 0 saturated heterocycles. The van der Waals surface area contributed by atoms with Gasteiger partial charge >= 0.3 is 0 Å². The Morgan fingerprint density at radius 1 is 0.893 bits per heavy atom. The fourth-order valence-electron chi connectivity index (χ4n) is 3.84. The van der Waals surface area contributed by atoms with Crippen molar-refractivity contribution in [3.8, 4) is 11.5 Å². The molecular weight excluding hydrogens is 348 g/mol. The summed E-state index contributed by atoms with van der Waals surface area (Å²) in [5, 5.41) is 24.4. The third kappa shape index (κ3) is 3.59. The fourth-order valence-corrected chi connectivity index (χ4v) is 3.84. The van der Waals surface area contributed by atoms with Crippen molar-refractivity contribution in [2.45, 2.75) is 19.5 Å². The molecule has 142 valence electrons. The maximum Gasteiger partial charge on any atom is 0.119 e. The Morgan fingerprint density at radius 2 is 1.57 bits per heavy atom. The first kappa shape index (κ1) is 18.1. The number of aromatic nitrogens is 1. The highest BCUT2D eigenvalue weighted by molar-refractivity contribution is 5.85. The van der Waals surface area contributed by atoms with Crippen molar-refractivity contribution >= 4 is 10.9 Å². The lowest BCUT2D eigenvalue weighted by atomic mass is 9.98. The first-order valence-corrected chi connectivity index (χ1v) is 9.53. The average molecular weight is 372 g/mol. The standard InChI is InChI=1S/C24H24N2O2/c1-2-25-24(18-8-4-3-5-9-18)22-16-26(23-11-7-6-10-21(22)23)15-17-12-19(27)14-20(28)13-17/h3-14,16,24-25,27-28H,2,15H2,1H3. The molecule has 0 radical (unpaired) electrons. The monoisotopic (exact) mass is 372 g/mol. The summed E-state index contributed by atoms with van der Waals surface area (Å²) in [5.41, 5.74) is 4.42. The Balaban J connectivity index is 1.81. The Hall–Kier alpha value is -3.24. The predicted molar refractivity (Wildman–Crippen MR) is 113 cm³/mol. The quantitative estimate of drug-likeness (QED) is 0.456. The minimum absolute atomic E-state index is 0.0708. The number of aromatic hydroxyl groups is 2. The van der Waals surface area contributed by atoms with E-state index in [0.717, 1.165) is 17.6 Å². The van der Waals surface area contributed by atoms with Crippen molar-refractivity contribution < 1.29 is 10.2 Å². The second kappa shape index (κ2) is 7.79. The van der Waals surface area contributed by atoms with Crippen LogP contribution >= 0.6 is 0 Å². The molecule has 1 heterocycles. The van der Waals surface area contributed by atoms with Crippen molar-refractivity contribution in [1.82, 2.24) is 9.88 Å². The molecular formula is C24H24N2O2. The second-order valence-electron chi connectivity index (χ2n) is 6.99. The SMILES string of the molecule is CCNC(c1ccccc1)c1cn(Cc2cc(O)cc(O)c2)c2ccccc12. The van der Waals surface area contributed by atoms with Gasteiger partial charge < -0.3 is 20.1 Å². The van der Waals surface area contributed by atoms with Crippen molar-refractivity contribution in [1.29, 1.82) is 0 Å². The number of para-hydroxylation sites is 1. The number of hydrogen-bond donors (Lipinski definition) is 3. The lowest BCUT2D eigenvalue weighted by Gasteiger charge is -2.18. The molecule has 1 aromatic heterocycles. The van der Waals surface area contributed by atoms with E-state index in [9.17, 15) is 10.2 Å². The van der Waals surface area contributed by atoms with Gasteiger partial charge in [-0.3, -0.25) is 0 Å². The van der Waals surface area contributed by atoms with Gasteiger partial charge in [-0.15, -0.1) is 0 Å². The molecule has 3 N–H and O–H groups in total. The number of phenolic OH excluding ortho intramolecular Hbond substituents is 2. The molecule has 0 fully saturated rings. The summed E-state index contributed by atoms with van der Waals surface area (Å²) < 4.78 is 2.17. The number of benzene rings is 3. The number of nitrogens with one attached hydrogen (secondary N) is 1. The van der Waals surface area contributed by atoms with Crippen LogP contribution in [-0.2, 0) is 6.54 Å².